The van der Waals surface area contributed by atoms with Gasteiger partial charge in [0.1, 0.15) is 0 Å². The van der Waals surface area contributed by atoms with Gasteiger partial charge in [-0.05, 0) is 49.9 Å². The minimum Gasteiger partial charge on any atom is -0.379 e. The van der Waals surface area contributed by atoms with E-state index in [4.69, 9.17) is 5.10 Å². The lowest BCUT2D eigenvalue weighted by atomic mass is 9.96. The molecule has 3 nitrogen and oxygen atoms in total. The topological polar surface area (TPSA) is 29.9 Å². The number of hydrogen-bond donors (Lipinski definition) is 1. The van der Waals surface area contributed by atoms with Crippen molar-refractivity contribution in [1.82, 2.24) is 9.78 Å². The Morgan fingerprint density at radius 2 is 1.95 bits per heavy atom. The van der Waals surface area contributed by atoms with Gasteiger partial charge in [0, 0.05) is 11.9 Å². The number of aromatic nitrogens is 2. The zero-order valence-corrected chi connectivity index (χ0v) is 13.1. The lowest BCUT2D eigenvalue weighted by Crippen LogP contribution is -2.13. The van der Waals surface area contributed by atoms with E-state index < -0.39 is 0 Å². The highest BCUT2D eigenvalue weighted by Crippen LogP contribution is 2.27. The number of hydrogen-bond acceptors (Lipinski definition) is 2. The van der Waals surface area contributed by atoms with Crippen LogP contribution in [0.25, 0.3) is 0 Å². The van der Waals surface area contributed by atoms with Crippen LogP contribution in [-0.4, -0.2) is 9.78 Å². The van der Waals surface area contributed by atoms with Crippen LogP contribution >= 0.6 is 0 Å². The van der Waals surface area contributed by atoms with E-state index in [0.29, 0.717) is 6.04 Å². The molecule has 2 aromatic rings. The Hall–Kier alpha value is -1.77. The summed E-state index contributed by atoms with van der Waals surface area (Å²) >= 11 is 0. The molecule has 1 saturated carbocycles. The van der Waals surface area contributed by atoms with Crippen LogP contribution in [0.1, 0.15) is 55.0 Å². The van der Waals surface area contributed by atoms with Crippen molar-refractivity contribution in [3.8, 4) is 0 Å². The highest BCUT2D eigenvalue weighted by Gasteiger charge is 2.15. The summed E-state index contributed by atoms with van der Waals surface area (Å²) in [5, 5.41) is 8.27. The molecule has 1 aromatic heterocycles. The highest BCUT2D eigenvalue weighted by atomic mass is 15.3. The maximum atomic E-state index is 4.76. The molecule has 112 valence electrons. The Morgan fingerprint density at radius 3 is 2.76 bits per heavy atom. The fraction of sp³-hybridized carbons (Fsp3) is 0.500. The summed E-state index contributed by atoms with van der Waals surface area (Å²) in [6, 6.07) is 9.28. The van der Waals surface area contributed by atoms with E-state index in [-0.39, 0.29) is 0 Å². The second kappa shape index (κ2) is 6.33. The van der Waals surface area contributed by atoms with Gasteiger partial charge < -0.3 is 5.32 Å². The van der Waals surface area contributed by atoms with Gasteiger partial charge in [-0.3, -0.25) is 4.68 Å². The molecular weight excluding hydrogens is 258 g/mol. The van der Waals surface area contributed by atoms with E-state index in [1.165, 1.54) is 48.9 Å². The summed E-state index contributed by atoms with van der Waals surface area (Å²) in [5.74, 6) is 0. The Morgan fingerprint density at radius 1 is 1.14 bits per heavy atom. The second-order valence-corrected chi connectivity index (χ2v) is 6.25. The van der Waals surface area contributed by atoms with Gasteiger partial charge in [-0.25, -0.2) is 0 Å². The third-order valence-corrected chi connectivity index (χ3v) is 4.47. The zero-order chi connectivity index (χ0) is 14.7. The molecule has 3 heteroatoms. The first-order valence-electron chi connectivity index (χ1n) is 8.07. The SMILES string of the molecule is Cc1ccc(C)c(NCc2ccn(C3CCCCC3)n2)c1. The molecule has 1 N–H and O–H groups in total. The van der Waals surface area contributed by atoms with Crippen LogP contribution in [0.4, 0.5) is 5.69 Å². The van der Waals surface area contributed by atoms with Crippen LogP contribution in [0.3, 0.4) is 0 Å². The molecule has 0 saturated heterocycles. The van der Waals surface area contributed by atoms with Gasteiger partial charge in [-0.15, -0.1) is 0 Å². The lowest BCUT2D eigenvalue weighted by molar-refractivity contribution is 0.328. The molecular formula is C18H25N3. The molecule has 1 aliphatic rings. The fourth-order valence-corrected chi connectivity index (χ4v) is 3.13. The molecule has 0 spiro atoms. The van der Waals surface area contributed by atoms with Crippen molar-refractivity contribution in [2.75, 3.05) is 5.32 Å². The fourth-order valence-electron chi connectivity index (χ4n) is 3.13. The Balaban J connectivity index is 1.63. The van der Waals surface area contributed by atoms with Gasteiger partial charge in [0.15, 0.2) is 0 Å². The standard InChI is InChI=1S/C18H25N3/c1-14-8-9-15(2)18(12-14)19-13-16-10-11-21(20-16)17-6-4-3-5-7-17/h8-12,17,19H,3-7,13H2,1-2H3. The average molecular weight is 283 g/mol. The third kappa shape index (κ3) is 3.46. The maximum absolute atomic E-state index is 4.76. The molecule has 21 heavy (non-hydrogen) atoms. The summed E-state index contributed by atoms with van der Waals surface area (Å²) in [7, 11) is 0. The highest BCUT2D eigenvalue weighted by molar-refractivity contribution is 5.52. The number of nitrogens with zero attached hydrogens (tertiary/aromatic N) is 2. The van der Waals surface area contributed by atoms with Gasteiger partial charge in [0.25, 0.3) is 0 Å². The van der Waals surface area contributed by atoms with Crippen molar-refractivity contribution in [3.63, 3.8) is 0 Å². The van der Waals surface area contributed by atoms with Crippen molar-refractivity contribution in [1.29, 1.82) is 0 Å². The number of benzene rings is 1. The molecule has 3 rings (SSSR count). The van der Waals surface area contributed by atoms with Crippen LogP contribution in [0.5, 0.6) is 0 Å². The lowest BCUT2D eigenvalue weighted by Gasteiger charge is -2.21. The molecule has 0 bridgehead atoms. The Kier molecular flexibility index (Phi) is 4.28. The molecule has 0 amide bonds. The maximum Gasteiger partial charge on any atom is 0.0815 e. The van der Waals surface area contributed by atoms with Crippen LogP contribution < -0.4 is 5.32 Å². The smallest absolute Gasteiger partial charge is 0.0815 e. The van der Waals surface area contributed by atoms with E-state index >= 15 is 0 Å². The predicted octanol–water partition coefficient (Wildman–Crippen LogP) is 4.62. The van der Waals surface area contributed by atoms with E-state index in [1.807, 2.05) is 0 Å². The van der Waals surface area contributed by atoms with Crippen LogP contribution in [0.15, 0.2) is 30.5 Å². The van der Waals surface area contributed by atoms with Gasteiger partial charge >= 0.3 is 0 Å². The minimum atomic E-state index is 0.619. The Labute approximate surface area is 127 Å². The van der Waals surface area contributed by atoms with Crippen LogP contribution in [0, 0.1) is 13.8 Å². The van der Waals surface area contributed by atoms with Gasteiger partial charge in [0.2, 0.25) is 0 Å². The number of anilines is 1. The molecule has 0 radical (unpaired) electrons. The van der Waals surface area contributed by atoms with Gasteiger partial charge in [-0.1, -0.05) is 31.4 Å². The van der Waals surface area contributed by atoms with E-state index in [2.05, 4.69) is 54.3 Å². The van der Waals surface area contributed by atoms with Crippen molar-refractivity contribution < 1.29 is 0 Å². The molecule has 0 atom stereocenters. The summed E-state index contributed by atoms with van der Waals surface area (Å²) in [4.78, 5) is 0. The second-order valence-electron chi connectivity index (χ2n) is 6.25. The molecule has 1 aliphatic carbocycles. The summed E-state index contributed by atoms with van der Waals surface area (Å²) in [6.07, 6.45) is 8.80. The summed E-state index contributed by atoms with van der Waals surface area (Å²) < 4.78 is 2.18. The van der Waals surface area contributed by atoms with Crippen molar-refractivity contribution in [3.05, 3.63) is 47.3 Å². The van der Waals surface area contributed by atoms with E-state index in [0.717, 1.165) is 12.2 Å². The van der Waals surface area contributed by atoms with Gasteiger partial charge in [-0.2, -0.15) is 5.10 Å². The molecule has 0 aliphatic heterocycles. The minimum absolute atomic E-state index is 0.619. The monoisotopic (exact) mass is 283 g/mol. The summed E-state index contributed by atoms with van der Waals surface area (Å²) in [5.41, 5.74) is 4.91. The first kappa shape index (κ1) is 14.2. The first-order chi connectivity index (χ1) is 10.2. The van der Waals surface area contributed by atoms with Crippen molar-refractivity contribution in [2.24, 2.45) is 0 Å². The van der Waals surface area contributed by atoms with Crippen LogP contribution in [0.2, 0.25) is 0 Å². The average Bonchev–Trinajstić information content (AvgIpc) is 2.98. The summed E-state index contributed by atoms with van der Waals surface area (Å²) in [6.45, 7) is 5.06. The van der Waals surface area contributed by atoms with Crippen molar-refractivity contribution in [2.45, 2.75) is 58.5 Å². The van der Waals surface area contributed by atoms with Crippen LogP contribution in [-0.2, 0) is 6.54 Å². The molecule has 1 heterocycles. The largest absolute Gasteiger partial charge is 0.379 e. The Bertz CT molecular complexity index is 594. The van der Waals surface area contributed by atoms with E-state index in [1.54, 1.807) is 0 Å². The zero-order valence-electron chi connectivity index (χ0n) is 13.1. The molecule has 0 unspecified atom stereocenters. The molecule has 1 fully saturated rings. The number of aryl methyl sites for hydroxylation is 2. The third-order valence-electron chi connectivity index (χ3n) is 4.47. The first-order valence-corrected chi connectivity index (χ1v) is 8.07. The number of nitrogens with one attached hydrogen (secondary N) is 1. The van der Waals surface area contributed by atoms with E-state index in [9.17, 15) is 0 Å². The van der Waals surface area contributed by atoms with Gasteiger partial charge in [0.05, 0.1) is 18.3 Å². The quantitative estimate of drug-likeness (QED) is 0.887. The molecule has 1 aromatic carbocycles. The predicted molar refractivity (Wildman–Crippen MR) is 87.6 cm³/mol. The normalized spacial score (nSPS) is 16.1. The number of rotatable bonds is 4. The van der Waals surface area contributed by atoms with Crippen molar-refractivity contribution >= 4 is 5.69 Å².